The van der Waals surface area contributed by atoms with Crippen LogP contribution in [0.15, 0.2) is 48.5 Å². The molecule has 2 N–H and O–H groups in total. The van der Waals surface area contributed by atoms with Gasteiger partial charge in [0.1, 0.15) is 22.6 Å². The summed E-state index contributed by atoms with van der Waals surface area (Å²) >= 11 is 1.47. The Morgan fingerprint density at radius 2 is 1.85 bits per heavy atom. The number of nitrogens with zero attached hydrogens (tertiary/aromatic N) is 1. The number of hydrogen-bond donors (Lipinski definition) is 2. The summed E-state index contributed by atoms with van der Waals surface area (Å²) in [6.45, 7) is 2.19. The van der Waals surface area contributed by atoms with Gasteiger partial charge in [-0.05, 0) is 68.1 Å². The normalized spacial score (nSPS) is 11.9. The average molecular weight is 462 g/mol. The van der Waals surface area contributed by atoms with Gasteiger partial charge in [-0.25, -0.2) is 0 Å². The van der Waals surface area contributed by atoms with Crippen LogP contribution in [0.4, 0.5) is 10.7 Å². The molecule has 168 valence electrons. The van der Waals surface area contributed by atoms with Crippen LogP contribution in [-0.2, 0) is 17.6 Å². The Balaban J connectivity index is 1.32. The van der Waals surface area contributed by atoms with E-state index in [1.54, 1.807) is 36.4 Å². The van der Waals surface area contributed by atoms with Crippen molar-refractivity contribution >= 4 is 33.8 Å². The van der Waals surface area contributed by atoms with Gasteiger partial charge in [0, 0.05) is 10.4 Å². The highest BCUT2D eigenvalue weighted by Gasteiger charge is 2.23. The summed E-state index contributed by atoms with van der Waals surface area (Å²) < 4.78 is 11.1. The predicted octanol–water partition coefficient (Wildman–Crippen LogP) is 4.78. The molecule has 0 saturated carbocycles. The number of nitrogens with one attached hydrogen (secondary N) is 2. The number of aryl methyl sites for hydroxylation is 1. The summed E-state index contributed by atoms with van der Waals surface area (Å²) in [7, 11) is 0. The fourth-order valence-corrected chi connectivity index (χ4v) is 4.93. The molecule has 1 aliphatic carbocycles. The minimum Gasteiger partial charge on any atom is -0.492 e. The second kappa shape index (κ2) is 10.2. The lowest BCUT2D eigenvalue weighted by Crippen LogP contribution is -2.20. The molecule has 1 aliphatic rings. The number of fused-ring (bicyclic) bond motifs is 1. The summed E-state index contributed by atoms with van der Waals surface area (Å²) in [6, 6.07) is 16.0. The van der Waals surface area contributed by atoms with Crippen molar-refractivity contribution < 1.29 is 19.1 Å². The number of hydrogen-bond acceptors (Lipinski definition) is 6. The number of amides is 2. The molecule has 0 aliphatic heterocycles. The fraction of sp³-hybridized carbons (Fsp3) is 0.240. The summed E-state index contributed by atoms with van der Waals surface area (Å²) in [5.74, 6) is 0.461. The van der Waals surface area contributed by atoms with E-state index in [9.17, 15) is 14.9 Å². The van der Waals surface area contributed by atoms with Crippen molar-refractivity contribution in [2.75, 3.05) is 23.8 Å². The number of carbonyl (C=O) groups excluding carboxylic acids is 2. The van der Waals surface area contributed by atoms with Crippen LogP contribution in [-0.4, -0.2) is 25.0 Å². The van der Waals surface area contributed by atoms with Crippen LogP contribution < -0.4 is 20.1 Å². The lowest BCUT2D eigenvalue weighted by Gasteiger charge is -2.11. The number of thiophene rings is 1. The van der Waals surface area contributed by atoms with E-state index in [2.05, 4.69) is 16.7 Å². The molecule has 0 radical (unpaired) electrons. The van der Waals surface area contributed by atoms with Crippen molar-refractivity contribution in [1.82, 2.24) is 0 Å². The maximum atomic E-state index is 12.6. The van der Waals surface area contributed by atoms with E-state index in [0.29, 0.717) is 39.9 Å². The number of nitriles is 1. The molecule has 4 rings (SSSR count). The largest absolute Gasteiger partial charge is 0.492 e. The highest BCUT2D eigenvalue weighted by atomic mass is 32.1. The van der Waals surface area contributed by atoms with Gasteiger partial charge in [0.2, 0.25) is 0 Å². The van der Waals surface area contributed by atoms with Crippen LogP contribution in [0.5, 0.6) is 11.5 Å². The molecule has 2 amide bonds. The standard InChI is InChI=1S/C25H23N3O4S/c1-2-31-21-8-4-3-7-20(21)27-24(30)16-10-12-17(13-11-16)32-15-23(29)28-25-19(14-26)18-6-5-9-22(18)33-25/h3-4,7-8,10-13H,2,5-6,9,15H2,1H3,(H,27,30)(H,28,29). The Bertz CT molecular complexity index is 1210. The zero-order valence-corrected chi connectivity index (χ0v) is 19.0. The van der Waals surface area contributed by atoms with Gasteiger partial charge in [-0.2, -0.15) is 5.26 Å². The molecule has 3 aromatic rings. The molecule has 0 saturated heterocycles. The molecule has 33 heavy (non-hydrogen) atoms. The molecule has 0 spiro atoms. The molecule has 7 nitrogen and oxygen atoms in total. The second-order valence-corrected chi connectivity index (χ2v) is 8.52. The van der Waals surface area contributed by atoms with Gasteiger partial charge in [-0.3, -0.25) is 9.59 Å². The van der Waals surface area contributed by atoms with Gasteiger partial charge in [0.05, 0.1) is 17.9 Å². The molecule has 0 atom stereocenters. The van der Waals surface area contributed by atoms with Crippen molar-refractivity contribution in [1.29, 1.82) is 5.26 Å². The van der Waals surface area contributed by atoms with Gasteiger partial charge in [0.15, 0.2) is 6.61 Å². The first-order valence-corrected chi connectivity index (χ1v) is 11.5. The minimum atomic E-state index is -0.333. The van der Waals surface area contributed by atoms with Crippen LogP contribution >= 0.6 is 11.3 Å². The summed E-state index contributed by atoms with van der Waals surface area (Å²) in [5, 5.41) is 15.7. The van der Waals surface area contributed by atoms with Crippen LogP contribution in [0.1, 0.15) is 39.7 Å². The molecule has 8 heteroatoms. The summed E-state index contributed by atoms with van der Waals surface area (Å²) in [5.41, 5.74) is 2.68. The smallest absolute Gasteiger partial charge is 0.262 e. The van der Waals surface area contributed by atoms with E-state index in [1.807, 2.05) is 19.1 Å². The van der Waals surface area contributed by atoms with Gasteiger partial charge in [-0.1, -0.05) is 12.1 Å². The van der Waals surface area contributed by atoms with Gasteiger partial charge < -0.3 is 20.1 Å². The second-order valence-electron chi connectivity index (χ2n) is 7.42. The van der Waals surface area contributed by atoms with E-state index in [1.165, 1.54) is 16.2 Å². The molecule has 0 bridgehead atoms. The summed E-state index contributed by atoms with van der Waals surface area (Å²) in [6.07, 6.45) is 2.90. The topological polar surface area (TPSA) is 100 Å². The number of benzene rings is 2. The van der Waals surface area contributed by atoms with E-state index in [-0.39, 0.29) is 18.4 Å². The Hall–Kier alpha value is -3.83. The maximum absolute atomic E-state index is 12.6. The first kappa shape index (κ1) is 22.4. The van der Waals surface area contributed by atoms with Crippen molar-refractivity contribution in [3.63, 3.8) is 0 Å². The quantitative estimate of drug-likeness (QED) is 0.503. The van der Waals surface area contributed by atoms with Crippen molar-refractivity contribution in [3.8, 4) is 17.6 Å². The zero-order valence-electron chi connectivity index (χ0n) is 18.1. The third-order valence-corrected chi connectivity index (χ3v) is 6.41. The van der Waals surface area contributed by atoms with E-state index in [0.717, 1.165) is 24.8 Å². The Kier molecular flexibility index (Phi) is 6.91. The van der Waals surface area contributed by atoms with Gasteiger partial charge in [0.25, 0.3) is 11.8 Å². The number of carbonyl (C=O) groups is 2. The SMILES string of the molecule is CCOc1ccccc1NC(=O)c1ccc(OCC(=O)Nc2sc3c(c2C#N)CCC3)cc1. The van der Waals surface area contributed by atoms with Crippen molar-refractivity contribution in [3.05, 3.63) is 70.1 Å². The third-order valence-electron chi connectivity index (χ3n) is 5.21. The molecule has 1 heterocycles. The molecular weight excluding hydrogens is 438 g/mol. The van der Waals surface area contributed by atoms with Crippen molar-refractivity contribution in [2.24, 2.45) is 0 Å². The highest BCUT2D eigenvalue weighted by Crippen LogP contribution is 2.38. The predicted molar refractivity (Wildman–Crippen MR) is 127 cm³/mol. The van der Waals surface area contributed by atoms with E-state index >= 15 is 0 Å². The lowest BCUT2D eigenvalue weighted by molar-refractivity contribution is -0.118. The van der Waals surface area contributed by atoms with Crippen molar-refractivity contribution in [2.45, 2.75) is 26.2 Å². The Morgan fingerprint density at radius 1 is 1.06 bits per heavy atom. The van der Waals surface area contributed by atoms with Crippen LogP contribution in [0.25, 0.3) is 0 Å². The number of rotatable bonds is 8. The van der Waals surface area contributed by atoms with Crippen LogP contribution in [0.2, 0.25) is 0 Å². The average Bonchev–Trinajstić information content (AvgIpc) is 3.40. The van der Waals surface area contributed by atoms with Gasteiger partial charge >= 0.3 is 0 Å². The molecule has 2 aromatic carbocycles. The van der Waals surface area contributed by atoms with Crippen LogP contribution in [0, 0.1) is 11.3 Å². The number of para-hydroxylation sites is 2. The fourth-order valence-electron chi connectivity index (χ4n) is 3.67. The van der Waals surface area contributed by atoms with E-state index in [4.69, 9.17) is 9.47 Å². The molecule has 1 aromatic heterocycles. The molecule has 0 unspecified atom stereocenters. The summed E-state index contributed by atoms with van der Waals surface area (Å²) in [4.78, 5) is 26.1. The number of anilines is 2. The number of ether oxygens (including phenoxy) is 2. The third kappa shape index (κ3) is 5.16. The highest BCUT2D eigenvalue weighted by molar-refractivity contribution is 7.16. The minimum absolute atomic E-state index is 0.194. The first-order valence-electron chi connectivity index (χ1n) is 10.7. The monoisotopic (exact) mass is 461 g/mol. The van der Waals surface area contributed by atoms with Gasteiger partial charge in [-0.15, -0.1) is 11.3 Å². The Morgan fingerprint density at radius 3 is 2.61 bits per heavy atom. The lowest BCUT2D eigenvalue weighted by atomic mass is 10.1. The molecule has 0 fully saturated rings. The maximum Gasteiger partial charge on any atom is 0.262 e. The van der Waals surface area contributed by atoms with Crippen LogP contribution in [0.3, 0.4) is 0 Å². The Labute approximate surface area is 196 Å². The zero-order chi connectivity index (χ0) is 23.2. The molecular formula is C25H23N3O4S. The first-order chi connectivity index (χ1) is 16.1. The van der Waals surface area contributed by atoms with E-state index < -0.39 is 0 Å².